The summed E-state index contributed by atoms with van der Waals surface area (Å²) in [5.74, 6) is 3.27. The summed E-state index contributed by atoms with van der Waals surface area (Å²) >= 11 is 1.72. The van der Waals surface area contributed by atoms with Crippen LogP contribution in [0.1, 0.15) is 79.6 Å². The Balaban J connectivity index is 1.76. The molecule has 0 heterocycles. The number of allylic oxidation sites excluding steroid dienone is 2. The van der Waals surface area contributed by atoms with Gasteiger partial charge in [-0.05, 0) is 70.0 Å². The number of nitrogens with zero attached hydrogens (tertiary/aromatic N) is 1. The Bertz CT molecular complexity index is 654. The molecule has 2 rings (SSSR count). The Morgan fingerprint density at radius 3 is 2.75 bits per heavy atom. The number of amides is 1. The molecule has 0 aromatic carbocycles. The highest BCUT2D eigenvalue weighted by molar-refractivity contribution is 7.99. The van der Waals surface area contributed by atoms with Gasteiger partial charge in [0.15, 0.2) is 0 Å². The molecule has 1 amide bonds. The molecule has 1 saturated carbocycles. The second-order valence-electron chi connectivity index (χ2n) is 11.1. The van der Waals surface area contributed by atoms with Crippen LogP contribution < -0.4 is 0 Å². The van der Waals surface area contributed by atoms with Crippen LogP contribution in [0, 0.1) is 23.7 Å². The van der Waals surface area contributed by atoms with Crippen LogP contribution in [0.2, 0.25) is 0 Å². The van der Waals surface area contributed by atoms with E-state index in [-0.39, 0.29) is 23.5 Å². The van der Waals surface area contributed by atoms with Crippen LogP contribution in [-0.2, 0) is 4.79 Å². The molecule has 0 radical (unpaired) electrons. The number of carbonyl (C=O) groups excluding carboxylic acids is 1. The molecule has 0 spiro atoms. The standard InChI is InChI=1S/C27H47NO3S/c1-7-8-9-19(2)14-22(29)10-11-23-24-16-20(15-21(24)17-25(23)30)12-13-32-18-26(31)28(6)27(3,4)5/h10-11,15,19,21-25,29-30H,7-9,12-14,16-18H2,1-6H3/t19-,21-,22+,23+,24-,25+/m0/s1. The zero-order valence-electron chi connectivity index (χ0n) is 21.2. The van der Waals surface area contributed by atoms with Crippen molar-refractivity contribution < 1.29 is 15.0 Å². The maximum atomic E-state index is 12.3. The van der Waals surface area contributed by atoms with Crippen molar-refractivity contribution in [2.24, 2.45) is 23.7 Å². The number of rotatable bonds is 12. The number of thioether (sulfide) groups is 1. The zero-order valence-corrected chi connectivity index (χ0v) is 22.0. The number of fused-ring (bicyclic) bond motifs is 1. The van der Waals surface area contributed by atoms with E-state index in [1.807, 2.05) is 18.0 Å². The highest BCUT2D eigenvalue weighted by Gasteiger charge is 2.43. The van der Waals surface area contributed by atoms with Gasteiger partial charge in [-0.2, -0.15) is 11.8 Å². The lowest BCUT2D eigenvalue weighted by molar-refractivity contribution is -0.131. The number of hydrogen-bond donors (Lipinski definition) is 2. The van der Waals surface area contributed by atoms with Gasteiger partial charge in [0, 0.05) is 18.5 Å². The minimum atomic E-state index is -0.415. The van der Waals surface area contributed by atoms with Gasteiger partial charge < -0.3 is 15.1 Å². The van der Waals surface area contributed by atoms with E-state index in [4.69, 9.17) is 0 Å². The molecule has 0 bridgehead atoms. The van der Waals surface area contributed by atoms with E-state index in [0.29, 0.717) is 23.5 Å². The van der Waals surface area contributed by atoms with E-state index in [0.717, 1.165) is 31.4 Å². The molecule has 2 aliphatic rings. The van der Waals surface area contributed by atoms with Crippen LogP contribution in [0.5, 0.6) is 0 Å². The first-order valence-corrected chi connectivity index (χ1v) is 13.8. The second kappa shape index (κ2) is 12.6. The highest BCUT2D eigenvalue weighted by Crippen LogP contribution is 2.48. The number of aliphatic hydroxyl groups excluding tert-OH is 2. The third-order valence-corrected chi connectivity index (χ3v) is 8.32. The SMILES string of the molecule is CCCC[C@H](C)C[C@H](O)C=C[C@@H]1[C@H]2CC(CCSCC(=O)N(C)C(C)(C)C)=C[C@H]2C[C@H]1O. The van der Waals surface area contributed by atoms with Crippen LogP contribution in [0.25, 0.3) is 0 Å². The maximum Gasteiger partial charge on any atom is 0.232 e. The average Bonchev–Trinajstić information content (AvgIpc) is 3.22. The van der Waals surface area contributed by atoms with Crippen molar-refractivity contribution in [3.8, 4) is 0 Å². The van der Waals surface area contributed by atoms with Gasteiger partial charge in [-0.15, -0.1) is 0 Å². The molecule has 0 aromatic heterocycles. The lowest BCUT2D eigenvalue weighted by Crippen LogP contribution is -2.43. The maximum absolute atomic E-state index is 12.3. The summed E-state index contributed by atoms with van der Waals surface area (Å²) in [6.45, 7) is 10.6. The smallest absolute Gasteiger partial charge is 0.232 e. The van der Waals surface area contributed by atoms with E-state index >= 15 is 0 Å². The van der Waals surface area contributed by atoms with Gasteiger partial charge >= 0.3 is 0 Å². The molecule has 5 heteroatoms. The summed E-state index contributed by atoms with van der Waals surface area (Å²) in [5, 5.41) is 21.0. The minimum absolute atomic E-state index is 0.131. The summed E-state index contributed by atoms with van der Waals surface area (Å²) < 4.78 is 0. The molecule has 0 unspecified atom stereocenters. The normalized spacial score (nSPS) is 27.4. The lowest BCUT2D eigenvalue weighted by Gasteiger charge is -2.32. The topological polar surface area (TPSA) is 60.8 Å². The van der Waals surface area contributed by atoms with E-state index in [2.05, 4.69) is 46.8 Å². The second-order valence-corrected chi connectivity index (χ2v) is 12.2. The molecular weight excluding hydrogens is 418 g/mol. The number of hydrogen-bond acceptors (Lipinski definition) is 4. The molecular formula is C27H47NO3S. The van der Waals surface area contributed by atoms with Gasteiger partial charge in [-0.1, -0.05) is 56.9 Å². The lowest BCUT2D eigenvalue weighted by atomic mass is 9.88. The quantitative estimate of drug-likeness (QED) is 0.297. The third kappa shape index (κ3) is 8.22. The van der Waals surface area contributed by atoms with Gasteiger partial charge in [0.25, 0.3) is 0 Å². The number of aliphatic hydroxyl groups is 2. The molecule has 2 N–H and O–H groups in total. The van der Waals surface area contributed by atoms with Gasteiger partial charge in [0.05, 0.1) is 18.0 Å². The van der Waals surface area contributed by atoms with Crippen molar-refractivity contribution in [2.45, 2.75) is 97.3 Å². The van der Waals surface area contributed by atoms with E-state index in [1.54, 1.807) is 11.8 Å². The van der Waals surface area contributed by atoms with Crippen LogP contribution in [0.15, 0.2) is 23.8 Å². The largest absolute Gasteiger partial charge is 0.392 e. The fourth-order valence-electron chi connectivity index (χ4n) is 5.04. The van der Waals surface area contributed by atoms with Crippen molar-refractivity contribution in [3.05, 3.63) is 23.8 Å². The fraction of sp³-hybridized carbons (Fsp3) is 0.815. The summed E-state index contributed by atoms with van der Waals surface area (Å²) in [7, 11) is 1.88. The molecule has 1 fully saturated rings. The summed E-state index contributed by atoms with van der Waals surface area (Å²) in [6, 6.07) is 0. The first kappa shape index (κ1) is 27.5. The van der Waals surface area contributed by atoms with Crippen LogP contribution in [0.3, 0.4) is 0 Å². The Labute approximate surface area is 200 Å². The molecule has 6 atom stereocenters. The zero-order chi connectivity index (χ0) is 23.9. The molecule has 0 aromatic rings. The molecule has 0 aliphatic heterocycles. The van der Waals surface area contributed by atoms with E-state index in [9.17, 15) is 15.0 Å². The molecule has 4 nitrogen and oxygen atoms in total. The van der Waals surface area contributed by atoms with Crippen LogP contribution in [0.4, 0.5) is 0 Å². The molecule has 0 saturated heterocycles. The van der Waals surface area contributed by atoms with Crippen molar-refractivity contribution in [2.75, 3.05) is 18.6 Å². The van der Waals surface area contributed by atoms with E-state index < -0.39 is 6.10 Å². The Morgan fingerprint density at radius 2 is 2.09 bits per heavy atom. The van der Waals surface area contributed by atoms with Crippen molar-refractivity contribution in [3.63, 3.8) is 0 Å². The average molecular weight is 466 g/mol. The first-order valence-electron chi connectivity index (χ1n) is 12.6. The highest BCUT2D eigenvalue weighted by atomic mass is 32.2. The molecule has 32 heavy (non-hydrogen) atoms. The fourth-order valence-corrected chi connectivity index (χ4v) is 5.96. The Morgan fingerprint density at radius 1 is 1.38 bits per heavy atom. The van der Waals surface area contributed by atoms with Crippen molar-refractivity contribution >= 4 is 17.7 Å². The minimum Gasteiger partial charge on any atom is -0.392 e. The summed E-state index contributed by atoms with van der Waals surface area (Å²) in [5.41, 5.74) is 1.34. The summed E-state index contributed by atoms with van der Waals surface area (Å²) in [4.78, 5) is 14.1. The van der Waals surface area contributed by atoms with Gasteiger partial charge in [-0.3, -0.25) is 4.79 Å². The van der Waals surface area contributed by atoms with Crippen LogP contribution in [-0.4, -0.2) is 57.3 Å². The van der Waals surface area contributed by atoms with Gasteiger partial charge in [0.1, 0.15) is 0 Å². The Kier molecular flexibility index (Phi) is 10.8. The monoisotopic (exact) mass is 465 g/mol. The molecule has 2 aliphatic carbocycles. The van der Waals surface area contributed by atoms with Crippen molar-refractivity contribution in [1.82, 2.24) is 4.90 Å². The number of carbonyl (C=O) groups is 1. The van der Waals surface area contributed by atoms with E-state index in [1.165, 1.54) is 24.8 Å². The summed E-state index contributed by atoms with van der Waals surface area (Å²) in [6.07, 6.45) is 13.0. The third-order valence-electron chi connectivity index (χ3n) is 7.37. The van der Waals surface area contributed by atoms with Crippen molar-refractivity contribution in [1.29, 1.82) is 0 Å². The predicted molar refractivity (Wildman–Crippen MR) is 137 cm³/mol. The first-order chi connectivity index (χ1) is 15.0. The molecule has 184 valence electrons. The number of unbranched alkanes of at least 4 members (excludes halogenated alkanes) is 1. The van der Waals surface area contributed by atoms with Gasteiger partial charge in [0.2, 0.25) is 5.91 Å². The van der Waals surface area contributed by atoms with Crippen LogP contribution >= 0.6 is 11.8 Å². The van der Waals surface area contributed by atoms with Gasteiger partial charge in [-0.25, -0.2) is 0 Å². The predicted octanol–water partition coefficient (Wildman–Crippen LogP) is 5.44. The Hall–Kier alpha value is -0.780.